The van der Waals surface area contributed by atoms with Gasteiger partial charge in [-0.25, -0.2) is 0 Å². The molecule has 20 heavy (non-hydrogen) atoms. The maximum absolute atomic E-state index is 9.86. The van der Waals surface area contributed by atoms with E-state index in [2.05, 4.69) is 22.2 Å². The highest BCUT2D eigenvalue weighted by atomic mass is 32.2. The summed E-state index contributed by atoms with van der Waals surface area (Å²) in [5.74, 6) is 0.777. The zero-order chi connectivity index (χ0) is 13.8. The van der Waals surface area contributed by atoms with Gasteiger partial charge < -0.3 is 5.11 Å². The van der Waals surface area contributed by atoms with Crippen LogP contribution in [0.3, 0.4) is 0 Å². The molecular formula is C15H13N3OS. The highest BCUT2D eigenvalue weighted by Gasteiger charge is 2.10. The van der Waals surface area contributed by atoms with Crippen molar-refractivity contribution >= 4 is 11.8 Å². The number of para-hydroxylation sites is 1. The molecule has 1 aromatic heterocycles. The third-order valence-electron chi connectivity index (χ3n) is 2.78. The third-order valence-corrected chi connectivity index (χ3v) is 3.69. The van der Waals surface area contributed by atoms with Gasteiger partial charge in [0.05, 0.1) is 5.69 Å². The minimum absolute atomic E-state index is 0.0910. The van der Waals surface area contributed by atoms with Gasteiger partial charge in [-0.15, -0.1) is 5.10 Å². The Morgan fingerprint density at radius 3 is 2.30 bits per heavy atom. The number of thioether (sulfide) groups is 1. The number of rotatable bonds is 4. The van der Waals surface area contributed by atoms with Crippen molar-refractivity contribution in [1.82, 2.24) is 14.8 Å². The van der Waals surface area contributed by atoms with E-state index >= 15 is 0 Å². The van der Waals surface area contributed by atoms with Gasteiger partial charge in [0.2, 0.25) is 5.16 Å². The third kappa shape index (κ3) is 2.83. The molecule has 0 aliphatic rings. The Morgan fingerprint density at radius 2 is 1.60 bits per heavy atom. The Kier molecular flexibility index (Phi) is 3.69. The summed E-state index contributed by atoms with van der Waals surface area (Å²) < 4.78 is 1.44. The maximum Gasteiger partial charge on any atom is 0.318 e. The Labute approximate surface area is 121 Å². The van der Waals surface area contributed by atoms with Crippen molar-refractivity contribution in [3.05, 3.63) is 66.2 Å². The fraction of sp³-hybridized carbons (Fsp3) is 0.0667. The van der Waals surface area contributed by atoms with Crippen LogP contribution in [0.4, 0.5) is 0 Å². The molecule has 3 aromatic rings. The van der Waals surface area contributed by atoms with Gasteiger partial charge in [0.15, 0.2) is 0 Å². The van der Waals surface area contributed by atoms with Crippen molar-refractivity contribution in [2.75, 3.05) is 0 Å². The van der Waals surface area contributed by atoms with Gasteiger partial charge in [-0.05, 0) is 17.7 Å². The molecule has 0 aliphatic carbocycles. The second-order valence-electron chi connectivity index (χ2n) is 4.22. The number of nitrogens with zero attached hydrogens (tertiary/aromatic N) is 3. The summed E-state index contributed by atoms with van der Waals surface area (Å²) >= 11 is 1.50. The second kappa shape index (κ2) is 5.79. The summed E-state index contributed by atoms with van der Waals surface area (Å²) in [7, 11) is 0. The largest absolute Gasteiger partial charge is 0.479 e. The summed E-state index contributed by atoms with van der Waals surface area (Å²) in [5, 5.41) is 14.7. The van der Waals surface area contributed by atoms with Crippen LogP contribution in [0.2, 0.25) is 0 Å². The van der Waals surface area contributed by atoms with Crippen molar-refractivity contribution < 1.29 is 5.11 Å². The smallest absolute Gasteiger partial charge is 0.318 e. The first-order chi connectivity index (χ1) is 9.83. The summed E-state index contributed by atoms with van der Waals surface area (Å²) in [4.78, 5) is 4.07. The van der Waals surface area contributed by atoms with Crippen LogP contribution >= 0.6 is 11.8 Å². The Bertz CT molecular complexity index is 683. The lowest BCUT2D eigenvalue weighted by molar-refractivity contribution is 0.415. The first kappa shape index (κ1) is 12.7. The van der Waals surface area contributed by atoms with Gasteiger partial charge >= 0.3 is 6.01 Å². The van der Waals surface area contributed by atoms with E-state index in [1.807, 2.05) is 48.5 Å². The molecule has 2 aromatic carbocycles. The van der Waals surface area contributed by atoms with E-state index in [1.165, 1.54) is 22.0 Å². The summed E-state index contributed by atoms with van der Waals surface area (Å²) in [6.45, 7) is 0. The molecule has 1 heterocycles. The highest BCUT2D eigenvalue weighted by molar-refractivity contribution is 7.98. The molecule has 0 spiro atoms. The zero-order valence-electron chi connectivity index (χ0n) is 10.7. The van der Waals surface area contributed by atoms with E-state index in [0.717, 1.165) is 11.4 Å². The van der Waals surface area contributed by atoms with Gasteiger partial charge in [0.25, 0.3) is 0 Å². The van der Waals surface area contributed by atoms with E-state index < -0.39 is 0 Å². The van der Waals surface area contributed by atoms with E-state index in [-0.39, 0.29) is 6.01 Å². The molecule has 0 saturated carbocycles. The molecule has 0 bridgehead atoms. The van der Waals surface area contributed by atoms with Crippen molar-refractivity contribution in [3.8, 4) is 11.7 Å². The molecule has 1 N–H and O–H groups in total. The molecule has 0 saturated heterocycles. The Hall–Kier alpha value is -2.27. The van der Waals surface area contributed by atoms with Gasteiger partial charge in [-0.3, -0.25) is 0 Å². The van der Waals surface area contributed by atoms with Crippen LogP contribution < -0.4 is 0 Å². The lowest BCUT2D eigenvalue weighted by atomic mass is 10.2. The number of aromatic nitrogens is 3. The van der Waals surface area contributed by atoms with Gasteiger partial charge in [0, 0.05) is 5.75 Å². The Balaban J connectivity index is 1.76. The molecular weight excluding hydrogens is 270 g/mol. The molecule has 0 aliphatic heterocycles. The van der Waals surface area contributed by atoms with E-state index in [0.29, 0.717) is 5.16 Å². The topological polar surface area (TPSA) is 50.9 Å². The van der Waals surface area contributed by atoms with Crippen LogP contribution in [-0.4, -0.2) is 19.9 Å². The quantitative estimate of drug-likeness (QED) is 0.747. The summed E-state index contributed by atoms with van der Waals surface area (Å²) in [6, 6.07) is 19.5. The minimum Gasteiger partial charge on any atom is -0.479 e. The predicted octanol–water partition coefficient (Wildman–Crippen LogP) is 3.27. The molecule has 0 fully saturated rings. The number of hydrogen-bond acceptors (Lipinski definition) is 4. The molecule has 0 atom stereocenters. The van der Waals surface area contributed by atoms with Gasteiger partial charge in [-0.1, -0.05) is 60.3 Å². The zero-order valence-corrected chi connectivity index (χ0v) is 11.5. The number of aromatic hydroxyl groups is 1. The van der Waals surface area contributed by atoms with Crippen molar-refractivity contribution in [2.24, 2.45) is 0 Å². The lowest BCUT2D eigenvalue weighted by Crippen LogP contribution is -1.95. The molecule has 100 valence electrons. The molecule has 0 radical (unpaired) electrons. The van der Waals surface area contributed by atoms with Crippen molar-refractivity contribution in [2.45, 2.75) is 10.9 Å². The van der Waals surface area contributed by atoms with E-state index in [1.54, 1.807) is 0 Å². The Morgan fingerprint density at radius 1 is 0.950 bits per heavy atom. The van der Waals surface area contributed by atoms with Crippen LogP contribution in [0, 0.1) is 0 Å². The molecule has 3 rings (SSSR count). The van der Waals surface area contributed by atoms with Crippen LogP contribution in [0.5, 0.6) is 6.01 Å². The van der Waals surface area contributed by atoms with Crippen LogP contribution in [0.1, 0.15) is 5.56 Å². The SMILES string of the molecule is Oc1nc(SCc2ccccc2)nn1-c1ccccc1. The van der Waals surface area contributed by atoms with Crippen molar-refractivity contribution in [1.29, 1.82) is 0 Å². The monoisotopic (exact) mass is 283 g/mol. The average Bonchev–Trinajstić information content (AvgIpc) is 2.88. The van der Waals surface area contributed by atoms with Crippen LogP contribution in [0.15, 0.2) is 65.8 Å². The van der Waals surface area contributed by atoms with Crippen LogP contribution in [0.25, 0.3) is 5.69 Å². The molecule has 0 unspecified atom stereocenters. The summed E-state index contributed by atoms with van der Waals surface area (Å²) in [6.07, 6.45) is 0. The first-order valence-electron chi connectivity index (χ1n) is 6.21. The number of hydrogen-bond donors (Lipinski definition) is 1. The van der Waals surface area contributed by atoms with E-state index in [4.69, 9.17) is 0 Å². The average molecular weight is 283 g/mol. The lowest BCUT2D eigenvalue weighted by Gasteiger charge is -1.99. The first-order valence-corrected chi connectivity index (χ1v) is 7.19. The fourth-order valence-corrected chi connectivity index (χ4v) is 2.58. The fourth-order valence-electron chi connectivity index (χ4n) is 1.81. The van der Waals surface area contributed by atoms with Crippen LogP contribution in [-0.2, 0) is 5.75 Å². The standard InChI is InChI=1S/C15H13N3OS/c19-15-16-14(20-11-12-7-3-1-4-8-12)17-18(15)13-9-5-2-6-10-13/h1-10H,11H2,(H,16,17,19). The summed E-state index contributed by atoms with van der Waals surface area (Å²) in [5.41, 5.74) is 2.00. The van der Waals surface area contributed by atoms with Crippen molar-refractivity contribution in [3.63, 3.8) is 0 Å². The minimum atomic E-state index is -0.0910. The maximum atomic E-state index is 9.86. The molecule has 0 amide bonds. The normalized spacial score (nSPS) is 10.6. The second-order valence-corrected chi connectivity index (χ2v) is 5.16. The highest BCUT2D eigenvalue weighted by Crippen LogP contribution is 2.23. The predicted molar refractivity (Wildman–Crippen MR) is 79.0 cm³/mol. The van der Waals surface area contributed by atoms with E-state index in [9.17, 15) is 5.11 Å². The van der Waals surface area contributed by atoms with Gasteiger partial charge in [-0.2, -0.15) is 9.67 Å². The molecule has 5 heteroatoms. The van der Waals surface area contributed by atoms with Gasteiger partial charge in [0.1, 0.15) is 0 Å². The number of benzene rings is 2. The molecule has 4 nitrogen and oxygen atoms in total.